The summed E-state index contributed by atoms with van der Waals surface area (Å²) in [6.45, 7) is 12.7. The second-order valence-corrected chi connectivity index (χ2v) is 10.4. The molecule has 4 nitrogen and oxygen atoms in total. The minimum absolute atomic E-state index is 0.0817. The third-order valence-electron chi connectivity index (χ3n) is 7.71. The van der Waals surface area contributed by atoms with Crippen molar-refractivity contribution < 1.29 is 9.90 Å². The molecule has 0 amide bonds. The van der Waals surface area contributed by atoms with Crippen molar-refractivity contribution in [2.45, 2.75) is 65.2 Å². The van der Waals surface area contributed by atoms with Gasteiger partial charge in [-0.15, -0.1) is 0 Å². The van der Waals surface area contributed by atoms with Crippen molar-refractivity contribution in [1.82, 2.24) is 0 Å². The highest BCUT2D eigenvalue weighted by Crippen LogP contribution is 2.50. The van der Waals surface area contributed by atoms with Crippen LogP contribution < -0.4 is 5.32 Å². The van der Waals surface area contributed by atoms with E-state index in [4.69, 9.17) is 4.99 Å². The van der Waals surface area contributed by atoms with Crippen molar-refractivity contribution in [3.63, 3.8) is 0 Å². The average molecular weight is 453 g/mol. The van der Waals surface area contributed by atoms with Crippen LogP contribution in [-0.4, -0.2) is 16.6 Å². The number of nitrogens with one attached hydrogen (secondary N) is 1. The number of Topliss-reactive ketones (excluding diaryl/α,β-unsaturated/α-hetero) is 1. The Balaban J connectivity index is 1.64. The van der Waals surface area contributed by atoms with Crippen LogP contribution in [0.15, 0.2) is 87.3 Å². The molecule has 34 heavy (non-hydrogen) atoms. The summed E-state index contributed by atoms with van der Waals surface area (Å²) in [5, 5.41) is 14.9. The summed E-state index contributed by atoms with van der Waals surface area (Å²) in [4.78, 5) is 18.6. The smallest absolute Gasteiger partial charge is 0.201 e. The Morgan fingerprint density at radius 1 is 0.882 bits per heavy atom. The second-order valence-electron chi connectivity index (χ2n) is 10.4. The first-order valence-electron chi connectivity index (χ1n) is 12.2. The topological polar surface area (TPSA) is 61.7 Å². The summed E-state index contributed by atoms with van der Waals surface area (Å²) in [5.41, 5.74) is 8.23. The fourth-order valence-corrected chi connectivity index (χ4v) is 5.85. The van der Waals surface area contributed by atoms with Gasteiger partial charge in [0, 0.05) is 22.2 Å². The van der Waals surface area contributed by atoms with Gasteiger partial charge in [-0.25, -0.2) is 0 Å². The normalized spacial score (nSPS) is 22.5. The van der Waals surface area contributed by atoms with Crippen molar-refractivity contribution in [2.75, 3.05) is 5.32 Å². The Hall–Kier alpha value is -3.40. The van der Waals surface area contributed by atoms with Gasteiger partial charge in [-0.2, -0.15) is 0 Å². The monoisotopic (exact) mass is 452 g/mol. The molecule has 174 valence electrons. The number of para-hydroxylation sites is 2. The number of ketones is 1. The number of hydrogen-bond donors (Lipinski definition) is 2. The molecule has 0 saturated heterocycles. The number of benzene rings is 2. The van der Waals surface area contributed by atoms with E-state index in [9.17, 15) is 9.90 Å². The first-order valence-corrected chi connectivity index (χ1v) is 12.2. The molecule has 0 aromatic heterocycles. The molecule has 0 atom stereocenters. The molecule has 2 N–H and O–H groups in total. The van der Waals surface area contributed by atoms with Gasteiger partial charge in [0.05, 0.1) is 22.5 Å². The van der Waals surface area contributed by atoms with Crippen LogP contribution in [-0.2, 0) is 15.6 Å². The lowest BCUT2D eigenvalue weighted by atomic mass is 9.71. The number of anilines is 1. The van der Waals surface area contributed by atoms with Gasteiger partial charge in [-0.3, -0.25) is 9.79 Å². The van der Waals surface area contributed by atoms with Crippen LogP contribution in [0.25, 0.3) is 0 Å². The van der Waals surface area contributed by atoms with Gasteiger partial charge in [0.15, 0.2) is 0 Å². The molecule has 2 heterocycles. The summed E-state index contributed by atoms with van der Waals surface area (Å²) < 4.78 is 0. The molecular weight excluding hydrogens is 420 g/mol. The van der Waals surface area contributed by atoms with E-state index in [0.29, 0.717) is 24.0 Å². The number of aliphatic hydroxyl groups excluding tert-OH is 1. The third-order valence-corrected chi connectivity index (χ3v) is 7.71. The average Bonchev–Trinajstić information content (AvgIpc) is 3.25. The van der Waals surface area contributed by atoms with Crippen molar-refractivity contribution in [3.8, 4) is 0 Å². The number of rotatable bonds is 4. The zero-order chi connectivity index (χ0) is 24.4. The minimum Gasteiger partial charge on any atom is -0.506 e. The molecule has 0 spiro atoms. The highest BCUT2D eigenvalue weighted by atomic mass is 16.3. The summed E-state index contributed by atoms with van der Waals surface area (Å²) in [6.07, 6.45) is 1.28. The molecule has 4 heteroatoms. The zero-order valence-electron chi connectivity index (χ0n) is 20.8. The Labute approximate surface area is 201 Å². The standard InChI is InChI=1S/C30H32N2O2/c1-7-17(27-29(3,4)19-13-9-11-15-21(19)31-27)23-25(33)24(26(23)34)18(8-2)28-30(5,6)20-14-10-12-16-22(20)32-28/h9-16,31,33H,7-8H2,1-6H3. The maximum absolute atomic E-state index is 13.7. The van der Waals surface area contributed by atoms with Crippen LogP contribution in [0, 0.1) is 0 Å². The van der Waals surface area contributed by atoms with E-state index in [1.807, 2.05) is 44.2 Å². The van der Waals surface area contributed by atoms with Crippen LogP contribution >= 0.6 is 0 Å². The van der Waals surface area contributed by atoms with Gasteiger partial charge in [0.1, 0.15) is 5.76 Å². The van der Waals surface area contributed by atoms with Crippen LogP contribution in [0.1, 0.15) is 65.5 Å². The molecule has 2 aliphatic heterocycles. The number of nitrogens with zero attached hydrogens (tertiary/aromatic N) is 1. The van der Waals surface area contributed by atoms with Gasteiger partial charge in [0.25, 0.3) is 0 Å². The Morgan fingerprint density at radius 2 is 1.50 bits per heavy atom. The summed E-state index contributed by atoms with van der Waals surface area (Å²) in [6, 6.07) is 16.4. The summed E-state index contributed by atoms with van der Waals surface area (Å²) in [5.74, 6) is 0.0240. The molecule has 1 aliphatic carbocycles. The SMILES string of the molecule is CCC(C1=Nc2ccccc2C1(C)C)=C1C(=O)C(C(CC)=C2Nc3ccccc3C2(C)C)=C1O. The number of aliphatic hydroxyl groups is 1. The number of aliphatic imine (C=N–C) groups is 1. The van der Waals surface area contributed by atoms with E-state index in [1.165, 1.54) is 5.56 Å². The molecule has 3 aliphatic rings. The van der Waals surface area contributed by atoms with Crippen molar-refractivity contribution in [2.24, 2.45) is 4.99 Å². The van der Waals surface area contributed by atoms with E-state index >= 15 is 0 Å². The number of fused-ring (bicyclic) bond motifs is 2. The molecule has 0 fully saturated rings. The van der Waals surface area contributed by atoms with Crippen molar-refractivity contribution in [3.05, 3.63) is 93.4 Å². The van der Waals surface area contributed by atoms with Crippen molar-refractivity contribution >= 4 is 22.9 Å². The second kappa shape index (κ2) is 7.56. The third kappa shape index (κ3) is 2.91. The number of hydrogen-bond acceptors (Lipinski definition) is 4. The van der Waals surface area contributed by atoms with Crippen LogP contribution in [0.5, 0.6) is 0 Å². The van der Waals surface area contributed by atoms with Gasteiger partial charge in [-0.1, -0.05) is 77.9 Å². The van der Waals surface area contributed by atoms with E-state index in [2.05, 4.69) is 51.2 Å². The zero-order valence-corrected chi connectivity index (χ0v) is 20.8. The highest BCUT2D eigenvalue weighted by molar-refractivity contribution is 6.27. The molecule has 0 saturated carbocycles. The minimum atomic E-state index is -0.325. The predicted octanol–water partition coefficient (Wildman–Crippen LogP) is 7.22. The number of carbonyl (C=O) groups excluding carboxylic acids is 1. The van der Waals surface area contributed by atoms with Crippen LogP contribution in [0.2, 0.25) is 0 Å². The molecular formula is C30H32N2O2. The van der Waals surface area contributed by atoms with Crippen LogP contribution in [0.3, 0.4) is 0 Å². The lowest BCUT2D eigenvalue weighted by Gasteiger charge is -2.32. The quantitative estimate of drug-likeness (QED) is 0.482. The fraction of sp³-hybridized carbons (Fsp3) is 0.333. The van der Waals surface area contributed by atoms with Gasteiger partial charge >= 0.3 is 0 Å². The number of allylic oxidation sites excluding steroid dienone is 5. The first-order chi connectivity index (χ1) is 16.1. The van der Waals surface area contributed by atoms with Crippen LogP contribution in [0.4, 0.5) is 11.4 Å². The Kier molecular flexibility index (Phi) is 4.98. The molecule has 0 radical (unpaired) electrons. The predicted molar refractivity (Wildman–Crippen MR) is 139 cm³/mol. The fourth-order valence-electron chi connectivity index (χ4n) is 5.85. The Morgan fingerprint density at radius 3 is 2.09 bits per heavy atom. The lowest BCUT2D eigenvalue weighted by molar-refractivity contribution is -0.113. The first kappa shape index (κ1) is 22.4. The molecule has 0 unspecified atom stereocenters. The van der Waals surface area contributed by atoms with Crippen molar-refractivity contribution in [1.29, 1.82) is 0 Å². The molecule has 2 aromatic carbocycles. The summed E-state index contributed by atoms with van der Waals surface area (Å²) >= 11 is 0. The van der Waals surface area contributed by atoms with Gasteiger partial charge in [0.2, 0.25) is 5.78 Å². The van der Waals surface area contributed by atoms with E-state index in [1.54, 1.807) is 0 Å². The molecule has 2 aromatic rings. The summed E-state index contributed by atoms with van der Waals surface area (Å²) in [7, 11) is 0. The largest absolute Gasteiger partial charge is 0.506 e. The van der Waals surface area contributed by atoms with Gasteiger partial charge < -0.3 is 10.4 Å². The number of carbonyl (C=O) groups is 1. The van der Waals surface area contributed by atoms with Gasteiger partial charge in [-0.05, 0) is 47.2 Å². The Bertz CT molecular complexity index is 1370. The maximum Gasteiger partial charge on any atom is 0.201 e. The van der Waals surface area contributed by atoms with E-state index in [0.717, 1.165) is 39.5 Å². The van der Waals surface area contributed by atoms with E-state index < -0.39 is 0 Å². The molecule has 5 rings (SSSR count). The lowest BCUT2D eigenvalue weighted by Crippen LogP contribution is -2.33. The van der Waals surface area contributed by atoms with E-state index in [-0.39, 0.29) is 22.4 Å². The highest BCUT2D eigenvalue weighted by Gasteiger charge is 2.45. The maximum atomic E-state index is 13.7. The molecule has 0 bridgehead atoms.